The number of rotatable bonds is 4. The Morgan fingerprint density at radius 2 is 2.06 bits per heavy atom. The van der Waals surface area contributed by atoms with Crippen molar-refractivity contribution in [2.24, 2.45) is 5.73 Å². The van der Waals surface area contributed by atoms with E-state index in [1.807, 2.05) is 0 Å². The zero-order chi connectivity index (χ0) is 12.1. The molecule has 2 atom stereocenters. The van der Waals surface area contributed by atoms with Gasteiger partial charge in [0.25, 0.3) is 0 Å². The Bertz CT molecular complexity index is 333. The first kappa shape index (κ1) is 13.3. The Hall–Kier alpha value is -0.130. The number of benzene rings is 1. The molecule has 94 valence electrons. The molecule has 0 saturated carbocycles. The molecular formula is C14H20INO. The molecule has 2 nitrogen and oxygen atoms in total. The van der Waals surface area contributed by atoms with E-state index in [2.05, 4.69) is 46.9 Å². The van der Waals surface area contributed by atoms with Crippen LogP contribution in [-0.4, -0.2) is 18.8 Å². The largest absolute Gasteiger partial charge is 0.378 e. The van der Waals surface area contributed by atoms with Gasteiger partial charge in [0.2, 0.25) is 0 Å². The second-order valence-electron chi connectivity index (χ2n) is 4.81. The van der Waals surface area contributed by atoms with E-state index in [-0.39, 0.29) is 6.04 Å². The zero-order valence-electron chi connectivity index (χ0n) is 10.1. The van der Waals surface area contributed by atoms with Crippen molar-refractivity contribution >= 4 is 22.6 Å². The van der Waals surface area contributed by atoms with Gasteiger partial charge >= 0.3 is 0 Å². The van der Waals surface area contributed by atoms with Gasteiger partial charge in [-0.15, -0.1) is 0 Å². The van der Waals surface area contributed by atoms with Crippen LogP contribution in [0.4, 0.5) is 0 Å². The fourth-order valence-electron chi connectivity index (χ4n) is 2.34. The summed E-state index contributed by atoms with van der Waals surface area (Å²) < 4.78 is 7.00. The van der Waals surface area contributed by atoms with E-state index in [4.69, 9.17) is 10.5 Å². The predicted octanol–water partition coefficient (Wildman–Crippen LogP) is 3.12. The van der Waals surface area contributed by atoms with E-state index in [0.717, 1.165) is 19.4 Å². The summed E-state index contributed by atoms with van der Waals surface area (Å²) in [6.45, 7) is 0.918. The van der Waals surface area contributed by atoms with Gasteiger partial charge in [-0.25, -0.2) is 0 Å². The monoisotopic (exact) mass is 345 g/mol. The maximum absolute atomic E-state index is 6.19. The molecule has 0 bridgehead atoms. The number of hydrogen-bond donors (Lipinski definition) is 1. The smallest absolute Gasteiger partial charge is 0.0590 e. The highest BCUT2D eigenvalue weighted by Gasteiger charge is 2.17. The van der Waals surface area contributed by atoms with Crippen LogP contribution in [0, 0.1) is 3.57 Å². The first-order valence-electron chi connectivity index (χ1n) is 6.35. The van der Waals surface area contributed by atoms with E-state index in [9.17, 15) is 0 Å². The highest BCUT2D eigenvalue weighted by molar-refractivity contribution is 14.1. The van der Waals surface area contributed by atoms with Crippen LogP contribution in [0.1, 0.15) is 31.2 Å². The van der Waals surface area contributed by atoms with E-state index >= 15 is 0 Å². The van der Waals surface area contributed by atoms with Crippen molar-refractivity contribution in [3.63, 3.8) is 0 Å². The van der Waals surface area contributed by atoms with Crippen LogP contribution in [0.3, 0.4) is 0 Å². The molecule has 1 saturated heterocycles. The minimum atomic E-state index is 0.221. The molecule has 17 heavy (non-hydrogen) atoms. The molecule has 1 heterocycles. The van der Waals surface area contributed by atoms with Crippen LogP contribution in [0.15, 0.2) is 24.3 Å². The molecule has 1 fully saturated rings. The molecule has 2 N–H and O–H groups in total. The van der Waals surface area contributed by atoms with E-state index in [1.54, 1.807) is 0 Å². The maximum Gasteiger partial charge on any atom is 0.0590 e. The average Bonchev–Trinajstić information content (AvgIpc) is 2.33. The first-order valence-corrected chi connectivity index (χ1v) is 7.43. The third-order valence-corrected chi connectivity index (χ3v) is 3.97. The molecule has 2 unspecified atom stereocenters. The summed E-state index contributed by atoms with van der Waals surface area (Å²) >= 11 is 2.32. The highest BCUT2D eigenvalue weighted by atomic mass is 127. The van der Waals surface area contributed by atoms with Crippen molar-refractivity contribution in [3.8, 4) is 0 Å². The lowest BCUT2D eigenvalue weighted by atomic mass is 9.97. The van der Waals surface area contributed by atoms with Crippen LogP contribution >= 0.6 is 22.6 Å². The minimum absolute atomic E-state index is 0.221. The van der Waals surface area contributed by atoms with Gasteiger partial charge in [0, 0.05) is 16.2 Å². The van der Waals surface area contributed by atoms with Crippen molar-refractivity contribution in [3.05, 3.63) is 33.4 Å². The minimum Gasteiger partial charge on any atom is -0.378 e. The molecule has 0 aliphatic carbocycles. The average molecular weight is 345 g/mol. The Kier molecular flexibility index (Phi) is 5.25. The Balaban J connectivity index is 1.79. The van der Waals surface area contributed by atoms with Crippen molar-refractivity contribution in [2.45, 2.75) is 44.2 Å². The highest BCUT2D eigenvalue weighted by Crippen LogP contribution is 2.18. The molecule has 3 heteroatoms. The van der Waals surface area contributed by atoms with Gasteiger partial charge in [-0.3, -0.25) is 0 Å². The molecule has 0 amide bonds. The molecule has 1 aliphatic heterocycles. The summed E-state index contributed by atoms with van der Waals surface area (Å²) in [7, 11) is 0. The fourth-order valence-corrected chi connectivity index (χ4v) is 2.70. The molecule has 1 aromatic rings. The standard InChI is InChI=1S/C14H20INO/c15-12-6-4-11(5-7-12)9-13(16)10-14-3-1-2-8-17-14/h4-7,13-14H,1-3,8-10,16H2. The first-order chi connectivity index (χ1) is 8.24. The molecule has 2 rings (SSSR count). The molecular weight excluding hydrogens is 325 g/mol. The Morgan fingerprint density at radius 3 is 2.71 bits per heavy atom. The molecule has 1 aliphatic rings. The van der Waals surface area contributed by atoms with Crippen molar-refractivity contribution < 1.29 is 4.74 Å². The van der Waals surface area contributed by atoms with Gasteiger partial charge in [0.1, 0.15) is 0 Å². The normalized spacial score (nSPS) is 22.4. The second kappa shape index (κ2) is 6.71. The number of halogens is 1. The summed E-state index contributed by atoms with van der Waals surface area (Å²) in [5.41, 5.74) is 7.52. The predicted molar refractivity (Wildman–Crippen MR) is 79.0 cm³/mol. The lowest BCUT2D eigenvalue weighted by Crippen LogP contribution is -2.31. The number of hydrogen-bond acceptors (Lipinski definition) is 2. The van der Waals surface area contributed by atoms with Gasteiger partial charge in [-0.05, 0) is 72.4 Å². The Morgan fingerprint density at radius 1 is 1.29 bits per heavy atom. The summed E-state index contributed by atoms with van der Waals surface area (Å²) in [4.78, 5) is 0. The quantitative estimate of drug-likeness (QED) is 0.851. The molecule has 1 aromatic carbocycles. The van der Waals surface area contributed by atoms with Gasteiger partial charge < -0.3 is 10.5 Å². The van der Waals surface area contributed by atoms with Crippen LogP contribution in [0.5, 0.6) is 0 Å². The number of nitrogens with two attached hydrogens (primary N) is 1. The Labute approximate surface area is 117 Å². The summed E-state index contributed by atoms with van der Waals surface area (Å²) in [5.74, 6) is 0. The van der Waals surface area contributed by atoms with Gasteiger partial charge in [-0.1, -0.05) is 12.1 Å². The van der Waals surface area contributed by atoms with Gasteiger partial charge in [0.15, 0.2) is 0 Å². The van der Waals surface area contributed by atoms with Crippen LogP contribution in [-0.2, 0) is 11.2 Å². The summed E-state index contributed by atoms with van der Waals surface area (Å²) in [6, 6.07) is 8.84. The number of ether oxygens (including phenoxy) is 1. The van der Waals surface area contributed by atoms with E-state index in [0.29, 0.717) is 6.10 Å². The van der Waals surface area contributed by atoms with Gasteiger partial charge in [0.05, 0.1) is 6.10 Å². The lowest BCUT2D eigenvalue weighted by Gasteiger charge is -2.25. The topological polar surface area (TPSA) is 35.2 Å². The van der Waals surface area contributed by atoms with Crippen LogP contribution < -0.4 is 5.73 Å². The SMILES string of the molecule is NC(Cc1ccc(I)cc1)CC1CCCCO1. The van der Waals surface area contributed by atoms with E-state index in [1.165, 1.54) is 28.4 Å². The van der Waals surface area contributed by atoms with Crippen molar-refractivity contribution in [1.82, 2.24) is 0 Å². The fraction of sp³-hybridized carbons (Fsp3) is 0.571. The summed E-state index contributed by atoms with van der Waals surface area (Å²) in [6.07, 6.45) is 6.02. The third-order valence-electron chi connectivity index (χ3n) is 3.25. The van der Waals surface area contributed by atoms with Crippen molar-refractivity contribution in [2.75, 3.05) is 6.61 Å². The molecule has 0 spiro atoms. The molecule has 0 aromatic heterocycles. The van der Waals surface area contributed by atoms with Gasteiger partial charge in [-0.2, -0.15) is 0 Å². The zero-order valence-corrected chi connectivity index (χ0v) is 12.2. The van der Waals surface area contributed by atoms with Crippen LogP contribution in [0.2, 0.25) is 0 Å². The maximum atomic E-state index is 6.19. The molecule has 0 radical (unpaired) electrons. The second-order valence-corrected chi connectivity index (χ2v) is 6.06. The van der Waals surface area contributed by atoms with Crippen molar-refractivity contribution in [1.29, 1.82) is 0 Å². The van der Waals surface area contributed by atoms with Crippen LogP contribution in [0.25, 0.3) is 0 Å². The van der Waals surface area contributed by atoms with E-state index < -0.39 is 0 Å². The lowest BCUT2D eigenvalue weighted by molar-refractivity contribution is 0.00747. The third kappa shape index (κ3) is 4.56. The summed E-state index contributed by atoms with van der Waals surface area (Å²) in [5, 5.41) is 0.